The number of carboxylic acid groups (broad SMARTS) is 1. The summed E-state index contributed by atoms with van der Waals surface area (Å²) in [5, 5.41) is 30.8. The number of nitro benzene ring substituents is 1. The summed E-state index contributed by atoms with van der Waals surface area (Å²) in [6.45, 7) is -0.400. The van der Waals surface area contributed by atoms with Crippen molar-refractivity contribution in [2.24, 2.45) is 0 Å². The van der Waals surface area contributed by atoms with Crippen LogP contribution in [0.4, 0.5) is 5.69 Å². The molecule has 3 N–H and O–H groups in total. The molecule has 0 fully saturated rings. The highest BCUT2D eigenvalue weighted by molar-refractivity contribution is 7.98. The number of benzene rings is 1. The predicted molar refractivity (Wildman–Crippen MR) is 75.5 cm³/mol. The number of aliphatic carboxylic acids is 1. The largest absolute Gasteiger partial charge is 0.480 e. The quantitative estimate of drug-likeness (QED) is 0.387. The third kappa shape index (κ3) is 4.43. The molecule has 0 aromatic heterocycles. The molecule has 114 valence electrons. The third-order valence-electron chi connectivity index (χ3n) is 2.66. The van der Waals surface area contributed by atoms with Crippen LogP contribution in [0.25, 0.3) is 0 Å². The van der Waals surface area contributed by atoms with E-state index >= 15 is 0 Å². The Morgan fingerprint density at radius 3 is 2.62 bits per heavy atom. The van der Waals surface area contributed by atoms with Gasteiger partial charge in [-0.15, -0.1) is 11.8 Å². The Morgan fingerprint density at radius 2 is 2.14 bits per heavy atom. The second kappa shape index (κ2) is 7.60. The van der Waals surface area contributed by atoms with Gasteiger partial charge in [-0.05, 0) is 18.4 Å². The summed E-state index contributed by atoms with van der Waals surface area (Å²) in [6.07, 6.45) is 1.52. The lowest BCUT2D eigenvalue weighted by molar-refractivity contribution is -0.387. The lowest BCUT2D eigenvalue weighted by Crippen LogP contribution is -2.41. The Morgan fingerprint density at radius 1 is 1.48 bits per heavy atom. The van der Waals surface area contributed by atoms with Crippen LogP contribution in [0.3, 0.4) is 0 Å². The molecule has 8 nitrogen and oxygen atoms in total. The minimum absolute atomic E-state index is 0.0105. The van der Waals surface area contributed by atoms with E-state index in [4.69, 9.17) is 10.2 Å². The Hall–Kier alpha value is -2.13. The van der Waals surface area contributed by atoms with Crippen molar-refractivity contribution in [3.8, 4) is 0 Å². The van der Waals surface area contributed by atoms with Gasteiger partial charge in [-0.1, -0.05) is 0 Å². The van der Waals surface area contributed by atoms with Crippen molar-refractivity contribution in [1.82, 2.24) is 5.32 Å². The fourth-order valence-corrected chi connectivity index (χ4v) is 2.15. The second-order valence-corrected chi connectivity index (χ2v) is 4.87. The minimum Gasteiger partial charge on any atom is -0.480 e. The molecule has 0 saturated carbocycles. The standard InChI is InChI=1S/C12H14N2O6S/c1-21-10-3-2-7(6-9(10)14(19)20)11(16)13-8(4-5-15)12(17)18/h2-3,6,8,15H,4-5H2,1H3,(H,13,16)(H,17,18). The highest BCUT2D eigenvalue weighted by Gasteiger charge is 2.22. The van der Waals surface area contributed by atoms with E-state index in [0.717, 1.165) is 6.07 Å². The van der Waals surface area contributed by atoms with Gasteiger partial charge in [0.25, 0.3) is 11.6 Å². The summed E-state index contributed by atoms with van der Waals surface area (Å²) in [5.41, 5.74) is -0.229. The molecule has 0 spiro atoms. The number of amides is 1. The van der Waals surface area contributed by atoms with Crippen molar-refractivity contribution in [3.63, 3.8) is 0 Å². The molecule has 0 aliphatic rings. The van der Waals surface area contributed by atoms with E-state index in [1.165, 1.54) is 23.9 Å². The van der Waals surface area contributed by atoms with Gasteiger partial charge in [0.1, 0.15) is 6.04 Å². The van der Waals surface area contributed by atoms with Crippen LogP contribution < -0.4 is 5.32 Å². The second-order valence-electron chi connectivity index (χ2n) is 4.02. The molecule has 0 heterocycles. The van der Waals surface area contributed by atoms with Crippen LogP contribution in [0.1, 0.15) is 16.8 Å². The fourth-order valence-electron chi connectivity index (χ4n) is 1.60. The first-order chi connectivity index (χ1) is 9.90. The Kier molecular flexibility index (Phi) is 6.12. The van der Waals surface area contributed by atoms with Crippen molar-refractivity contribution in [3.05, 3.63) is 33.9 Å². The number of hydrogen-bond acceptors (Lipinski definition) is 6. The number of carboxylic acids is 1. The third-order valence-corrected chi connectivity index (χ3v) is 3.44. The number of hydrogen-bond donors (Lipinski definition) is 3. The molecule has 0 radical (unpaired) electrons. The number of carbonyl (C=O) groups excluding carboxylic acids is 1. The average molecular weight is 314 g/mol. The van der Waals surface area contributed by atoms with E-state index in [2.05, 4.69) is 5.32 Å². The van der Waals surface area contributed by atoms with E-state index in [1.54, 1.807) is 6.26 Å². The summed E-state index contributed by atoms with van der Waals surface area (Å²) < 4.78 is 0. The number of carbonyl (C=O) groups is 2. The van der Waals surface area contributed by atoms with E-state index in [0.29, 0.717) is 4.90 Å². The number of aliphatic hydroxyl groups excluding tert-OH is 1. The average Bonchev–Trinajstić information content (AvgIpc) is 2.45. The number of nitro groups is 1. The first-order valence-electron chi connectivity index (χ1n) is 5.87. The SMILES string of the molecule is CSc1ccc(C(=O)NC(CCO)C(=O)O)cc1[N+](=O)[O-]. The van der Waals surface area contributed by atoms with Crippen molar-refractivity contribution >= 4 is 29.3 Å². The van der Waals surface area contributed by atoms with Crippen LogP contribution in [0.5, 0.6) is 0 Å². The normalized spacial score (nSPS) is 11.7. The zero-order chi connectivity index (χ0) is 16.0. The van der Waals surface area contributed by atoms with Gasteiger partial charge >= 0.3 is 5.97 Å². The van der Waals surface area contributed by atoms with Crippen molar-refractivity contribution < 1.29 is 24.7 Å². The number of nitrogens with one attached hydrogen (secondary N) is 1. The van der Waals surface area contributed by atoms with Crippen molar-refractivity contribution in [1.29, 1.82) is 0 Å². The zero-order valence-electron chi connectivity index (χ0n) is 11.1. The molecule has 9 heteroatoms. The van der Waals surface area contributed by atoms with Crippen LogP contribution in [0.2, 0.25) is 0 Å². The molecule has 1 atom stereocenters. The van der Waals surface area contributed by atoms with Gasteiger partial charge in [-0.3, -0.25) is 14.9 Å². The van der Waals surface area contributed by atoms with Crippen molar-refractivity contribution in [2.75, 3.05) is 12.9 Å². The van der Waals surface area contributed by atoms with Crippen LogP contribution in [0, 0.1) is 10.1 Å². The highest BCUT2D eigenvalue weighted by atomic mass is 32.2. The molecular weight excluding hydrogens is 300 g/mol. The van der Waals surface area contributed by atoms with Gasteiger partial charge in [0.05, 0.1) is 9.82 Å². The van der Waals surface area contributed by atoms with Gasteiger partial charge in [0.15, 0.2) is 0 Å². The van der Waals surface area contributed by atoms with Gasteiger partial charge < -0.3 is 15.5 Å². The number of thioether (sulfide) groups is 1. The van der Waals surface area contributed by atoms with Gasteiger partial charge in [-0.25, -0.2) is 4.79 Å². The Balaban J connectivity index is 2.99. The van der Waals surface area contributed by atoms with E-state index in [9.17, 15) is 19.7 Å². The lowest BCUT2D eigenvalue weighted by atomic mass is 10.1. The van der Waals surface area contributed by atoms with E-state index in [1.807, 2.05) is 0 Å². The minimum atomic E-state index is -1.28. The van der Waals surface area contributed by atoms with Gasteiger partial charge in [0, 0.05) is 24.7 Å². The number of rotatable bonds is 7. The first kappa shape index (κ1) is 16.9. The van der Waals surface area contributed by atoms with Crippen LogP contribution in [-0.4, -0.2) is 45.9 Å². The van der Waals surface area contributed by atoms with Gasteiger partial charge in [0.2, 0.25) is 0 Å². The molecule has 1 aromatic carbocycles. The smallest absolute Gasteiger partial charge is 0.326 e. The molecule has 0 aliphatic carbocycles. The summed E-state index contributed by atoms with van der Waals surface area (Å²) in [6, 6.07) is 2.66. The molecule has 0 saturated heterocycles. The summed E-state index contributed by atoms with van der Waals surface area (Å²) in [4.78, 5) is 33.5. The maximum atomic E-state index is 11.9. The highest BCUT2D eigenvalue weighted by Crippen LogP contribution is 2.28. The summed E-state index contributed by atoms with van der Waals surface area (Å²) in [7, 11) is 0. The maximum Gasteiger partial charge on any atom is 0.326 e. The topological polar surface area (TPSA) is 130 Å². The van der Waals surface area contributed by atoms with Crippen molar-refractivity contribution in [2.45, 2.75) is 17.4 Å². The Bertz CT molecular complexity index is 563. The molecule has 0 bridgehead atoms. The molecule has 1 amide bonds. The first-order valence-corrected chi connectivity index (χ1v) is 7.10. The summed E-state index contributed by atoms with van der Waals surface area (Å²) in [5.74, 6) is -2.03. The number of nitrogens with zero attached hydrogens (tertiary/aromatic N) is 1. The predicted octanol–water partition coefficient (Wildman–Crippen LogP) is 0.882. The maximum absolute atomic E-state index is 11.9. The van der Waals surface area contributed by atoms with Crippen LogP contribution >= 0.6 is 11.8 Å². The van der Waals surface area contributed by atoms with Gasteiger partial charge in [-0.2, -0.15) is 0 Å². The molecule has 1 unspecified atom stereocenters. The van der Waals surface area contributed by atoms with Crippen LogP contribution in [0.15, 0.2) is 23.1 Å². The van der Waals surface area contributed by atoms with E-state index < -0.39 is 29.4 Å². The molecule has 1 aromatic rings. The van der Waals surface area contributed by atoms with E-state index in [-0.39, 0.29) is 17.7 Å². The number of aliphatic hydroxyl groups is 1. The lowest BCUT2D eigenvalue weighted by Gasteiger charge is -2.13. The zero-order valence-corrected chi connectivity index (χ0v) is 11.9. The molecule has 0 aliphatic heterocycles. The van der Waals surface area contributed by atoms with Crippen LogP contribution in [-0.2, 0) is 4.79 Å². The molecule has 21 heavy (non-hydrogen) atoms. The summed E-state index contributed by atoms with van der Waals surface area (Å²) >= 11 is 1.17. The fraction of sp³-hybridized carbons (Fsp3) is 0.333. The monoisotopic (exact) mass is 314 g/mol. The Labute approximate surface area is 124 Å². The molecular formula is C12H14N2O6S. The molecule has 1 rings (SSSR count).